The number of aliphatic hydroxyl groups is 1. The van der Waals surface area contributed by atoms with Crippen LogP contribution >= 0.6 is 0 Å². The van der Waals surface area contributed by atoms with Crippen molar-refractivity contribution >= 4 is 9.84 Å². The van der Waals surface area contributed by atoms with Gasteiger partial charge < -0.3 is 9.84 Å². The summed E-state index contributed by atoms with van der Waals surface area (Å²) in [4.78, 5) is 0. The van der Waals surface area contributed by atoms with Crippen molar-refractivity contribution < 1.29 is 31.4 Å². The van der Waals surface area contributed by atoms with Gasteiger partial charge in [0.05, 0.1) is 10.5 Å². The minimum Gasteiger partial charge on any atom is -0.366 e. The second-order valence-corrected chi connectivity index (χ2v) is 7.28. The average molecular weight is 276 g/mol. The van der Waals surface area contributed by atoms with Gasteiger partial charge in [0, 0.05) is 6.42 Å². The first-order valence-electron chi connectivity index (χ1n) is 5.10. The van der Waals surface area contributed by atoms with Crippen molar-refractivity contribution in [1.82, 2.24) is 0 Å². The van der Waals surface area contributed by atoms with Crippen LogP contribution < -0.4 is 0 Å². The van der Waals surface area contributed by atoms with Crippen LogP contribution in [0.1, 0.15) is 26.7 Å². The molecule has 0 aromatic carbocycles. The van der Waals surface area contributed by atoms with E-state index in [1.54, 1.807) is 0 Å². The second-order valence-electron chi connectivity index (χ2n) is 4.59. The van der Waals surface area contributed by atoms with Crippen molar-refractivity contribution in [3.8, 4) is 0 Å². The van der Waals surface area contributed by atoms with Gasteiger partial charge in [0.25, 0.3) is 0 Å². The first kappa shape index (κ1) is 14.7. The Balaban J connectivity index is 2.57. The maximum Gasteiger partial charge on any atom is 0.389 e. The van der Waals surface area contributed by atoms with Crippen LogP contribution in [-0.2, 0) is 14.6 Å². The number of aliphatic hydroxyl groups excluding tert-OH is 1. The molecular formula is C9H15F3O4S. The molecule has 0 amide bonds. The Morgan fingerprint density at radius 2 is 1.76 bits per heavy atom. The van der Waals surface area contributed by atoms with E-state index in [0.717, 1.165) is 0 Å². The van der Waals surface area contributed by atoms with Crippen molar-refractivity contribution in [3.63, 3.8) is 0 Å². The van der Waals surface area contributed by atoms with Gasteiger partial charge in [-0.25, -0.2) is 8.42 Å². The van der Waals surface area contributed by atoms with Crippen molar-refractivity contribution in [3.05, 3.63) is 0 Å². The lowest BCUT2D eigenvalue weighted by molar-refractivity contribution is -0.134. The third kappa shape index (κ3) is 3.56. The number of rotatable bonds is 5. The summed E-state index contributed by atoms with van der Waals surface area (Å²) < 4.78 is 62.6. The number of hydrogen-bond donors (Lipinski definition) is 1. The zero-order valence-electron chi connectivity index (χ0n) is 9.49. The molecule has 0 aromatic rings. The first-order valence-corrected chi connectivity index (χ1v) is 6.75. The van der Waals surface area contributed by atoms with Gasteiger partial charge in [-0.1, -0.05) is 0 Å². The Kier molecular flexibility index (Phi) is 3.81. The van der Waals surface area contributed by atoms with Crippen LogP contribution in [-0.4, -0.2) is 42.6 Å². The van der Waals surface area contributed by atoms with Gasteiger partial charge >= 0.3 is 6.18 Å². The van der Waals surface area contributed by atoms with Crippen LogP contribution in [0.15, 0.2) is 0 Å². The lowest BCUT2D eigenvalue weighted by Gasteiger charge is -2.22. The summed E-state index contributed by atoms with van der Waals surface area (Å²) in [6.07, 6.45) is -7.94. The molecule has 17 heavy (non-hydrogen) atoms. The summed E-state index contributed by atoms with van der Waals surface area (Å²) in [6, 6.07) is 0. The molecule has 0 aliphatic carbocycles. The number of alkyl halides is 3. The Morgan fingerprint density at radius 3 is 2.12 bits per heavy atom. The maximum atomic E-state index is 11.9. The van der Waals surface area contributed by atoms with Crippen LogP contribution in [0.5, 0.6) is 0 Å². The summed E-state index contributed by atoms with van der Waals surface area (Å²) in [7, 11) is -3.74. The summed E-state index contributed by atoms with van der Waals surface area (Å²) >= 11 is 0. The Labute approximate surface area is 97.7 Å². The molecule has 1 N–H and O–H groups in total. The predicted octanol–water partition coefficient (Wildman–Crippen LogP) is 1.24. The largest absolute Gasteiger partial charge is 0.389 e. The number of halogens is 3. The molecule has 0 spiro atoms. The van der Waals surface area contributed by atoms with Gasteiger partial charge in [-0.15, -0.1) is 0 Å². The fourth-order valence-electron chi connectivity index (χ4n) is 1.51. The summed E-state index contributed by atoms with van der Waals surface area (Å²) in [6.45, 7) is 2.69. The van der Waals surface area contributed by atoms with Crippen molar-refractivity contribution in [2.75, 3.05) is 5.75 Å². The molecule has 4 nitrogen and oxygen atoms in total. The lowest BCUT2D eigenvalue weighted by Crippen LogP contribution is -2.40. The van der Waals surface area contributed by atoms with Gasteiger partial charge in [-0.05, 0) is 20.3 Å². The highest BCUT2D eigenvalue weighted by molar-refractivity contribution is 7.92. The third-order valence-corrected chi connectivity index (χ3v) is 5.49. The van der Waals surface area contributed by atoms with E-state index < -0.39 is 51.7 Å². The van der Waals surface area contributed by atoms with Gasteiger partial charge in [0.2, 0.25) is 0 Å². The molecule has 1 rings (SSSR count). The molecule has 0 aromatic heterocycles. The van der Waals surface area contributed by atoms with Crippen LogP contribution in [0.4, 0.5) is 13.2 Å². The number of hydrogen-bond acceptors (Lipinski definition) is 4. The topological polar surface area (TPSA) is 66.9 Å². The molecule has 1 aliphatic rings. The fourth-order valence-corrected chi connectivity index (χ4v) is 3.09. The minimum atomic E-state index is -4.35. The molecule has 8 heteroatoms. The van der Waals surface area contributed by atoms with Crippen LogP contribution in [0.2, 0.25) is 0 Å². The average Bonchev–Trinajstić information content (AvgIpc) is 2.79. The Morgan fingerprint density at radius 1 is 1.29 bits per heavy atom. The van der Waals surface area contributed by atoms with E-state index in [1.807, 2.05) is 0 Å². The van der Waals surface area contributed by atoms with Crippen molar-refractivity contribution in [2.45, 2.75) is 50.0 Å². The van der Waals surface area contributed by atoms with E-state index in [2.05, 4.69) is 4.74 Å². The van der Waals surface area contributed by atoms with Crippen LogP contribution in [0.25, 0.3) is 0 Å². The molecule has 1 aliphatic heterocycles. The quantitative estimate of drug-likeness (QED) is 0.767. The first-order chi connectivity index (χ1) is 7.47. The highest BCUT2D eigenvalue weighted by Gasteiger charge is 2.55. The Bertz CT molecular complexity index is 374. The normalized spacial score (nSPS) is 26.0. The van der Waals surface area contributed by atoms with Gasteiger partial charge in [-0.3, -0.25) is 0 Å². The molecule has 0 saturated carbocycles. The van der Waals surface area contributed by atoms with Crippen LogP contribution in [0.3, 0.4) is 0 Å². The highest BCUT2D eigenvalue weighted by Crippen LogP contribution is 2.37. The smallest absolute Gasteiger partial charge is 0.366 e. The zero-order valence-corrected chi connectivity index (χ0v) is 10.3. The SMILES string of the molecule is CC(C)(C1OC1O)S(=O)(=O)CCCC(F)(F)F. The highest BCUT2D eigenvalue weighted by atomic mass is 32.2. The summed E-state index contributed by atoms with van der Waals surface area (Å²) in [5, 5.41) is 9.01. The predicted molar refractivity (Wildman–Crippen MR) is 54.0 cm³/mol. The zero-order chi connectivity index (χ0) is 13.5. The summed E-state index contributed by atoms with van der Waals surface area (Å²) in [5.74, 6) is -0.563. The van der Waals surface area contributed by atoms with E-state index in [1.165, 1.54) is 13.8 Å². The van der Waals surface area contributed by atoms with E-state index in [-0.39, 0.29) is 0 Å². The summed E-state index contributed by atoms with van der Waals surface area (Å²) in [5.41, 5.74) is 0. The van der Waals surface area contributed by atoms with E-state index >= 15 is 0 Å². The maximum absolute atomic E-state index is 11.9. The fraction of sp³-hybridized carbons (Fsp3) is 1.00. The van der Waals surface area contributed by atoms with Crippen molar-refractivity contribution in [1.29, 1.82) is 0 Å². The van der Waals surface area contributed by atoms with E-state index in [9.17, 15) is 21.6 Å². The van der Waals surface area contributed by atoms with Gasteiger partial charge in [0.1, 0.15) is 6.10 Å². The second kappa shape index (κ2) is 4.40. The lowest BCUT2D eigenvalue weighted by atomic mass is 10.1. The molecule has 1 fully saturated rings. The van der Waals surface area contributed by atoms with Crippen molar-refractivity contribution in [2.24, 2.45) is 0 Å². The molecule has 2 atom stereocenters. The number of sulfone groups is 1. The standard InChI is InChI=1S/C9H15F3O4S/c1-8(2,6-7(13)16-6)17(14,15)5-3-4-9(10,11)12/h6-7,13H,3-5H2,1-2H3. The third-order valence-electron chi connectivity index (χ3n) is 2.83. The monoisotopic (exact) mass is 276 g/mol. The van der Waals surface area contributed by atoms with E-state index in [0.29, 0.717) is 0 Å². The molecule has 1 heterocycles. The minimum absolute atomic E-state index is 0.474. The molecule has 102 valence electrons. The molecule has 0 radical (unpaired) electrons. The number of ether oxygens (including phenoxy) is 1. The molecule has 2 unspecified atom stereocenters. The Hall–Kier alpha value is -0.340. The van der Waals surface area contributed by atoms with Gasteiger partial charge in [-0.2, -0.15) is 13.2 Å². The van der Waals surface area contributed by atoms with Crippen LogP contribution in [0, 0.1) is 0 Å². The molecule has 0 bridgehead atoms. The number of epoxide rings is 1. The van der Waals surface area contributed by atoms with E-state index in [4.69, 9.17) is 5.11 Å². The van der Waals surface area contributed by atoms with Gasteiger partial charge in [0.15, 0.2) is 16.1 Å². The molecular weight excluding hydrogens is 261 g/mol. The molecule has 1 saturated heterocycles.